The van der Waals surface area contributed by atoms with E-state index in [0.29, 0.717) is 19.3 Å². The number of hydrogen-bond donors (Lipinski definition) is 1. The minimum atomic E-state index is -4.21. The van der Waals surface area contributed by atoms with E-state index in [0.717, 1.165) is 6.08 Å². The van der Waals surface area contributed by atoms with E-state index in [-0.39, 0.29) is 56.0 Å². The molecule has 0 radical (unpaired) electrons. The maximum Gasteiger partial charge on any atom is 0.391 e. The summed E-state index contributed by atoms with van der Waals surface area (Å²) in [5.41, 5.74) is 0. The first-order valence-electron chi connectivity index (χ1n) is 9.68. The van der Waals surface area contributed by atoms with Crippen molar-refractivity contribution in [3.63, 3.8) is 0 Å². The van der Waals surface area contributed by atoms with E-state index >= 15 is 0 Å². The van der Waals surface area contributed by atoms with Gasteiger partial charge >= 0.3 is 6.18 Å². The van der Waals surface area contributed by atoms with Gasteiger partial charge in [-0.05, 0) is 57.4 Å². The Morgan fingerprint density at radius 2 is 1.81 bits per heavy atom. The molecule has 1 saturated heterocycles. The van der Waals surface area contributed by atoms with Crippen molar-refractivity contribution in [1.82, 2.24) is 10.2 Å². The quantitative estimate of drug-likeness (QED) is 0.592. The van der Waals surface area contributed by atoms with Crippen molar-refractivity contribution in [3.05, 3.63) is 12.7 Å². The second-order valence-corrected chi connectivity index (χ2v) is 7.97. The van der Waals surface area contributed by atoms with Crippen LogP contribution in [0.5, 0.6) is 0 Å². The van der Waals surface area contributed by atoms with Crippen LogP contribution in [0.2, 0.25) is 0 Å². The van der Waals surface area contributed by atoms with Crippen LogP contribution in [0.1, 0.15) is 51.4 Å². The second-order valence-electron chi connectivity index (χ2n) is 7.97. The fourth-order valence-corrected chi connectivity index (χ4v) is 5.04. The summed E-state index contributed by atoms with van der Waals surface area (Å²) in [6.07, 6.45) is -1.74. The molecule has 27 heavy (non-hydrogen) atoms. The van der Waals surface area contributed by atoms with Gasteiger partial charge in [0.15, 0.2) is 0 Å². The van der Waals surface area contributed by atoms with Crippen molar-refractivity contribution in [2.45, 2.75) is 81.8 Å². The van der Waals surface area contributed by atoms with Crippen LogP contribution < -0.4 is 5.32 Å². The zero-order valence-corrected chi connectivity index (χ0v) is 15.2. The first kappa shape index (κ1) is 20.1. The third-order valence-electron chi connectivity index (χ3n) is 6.41. The Morgan fingerprint density at radius 1 is 1.15 bits per heavy atom. The molecule has 2 saturated carbocycles. The Hall–Kier alpha value is -1.60. The summed E-state index contributed by atoms with van der Waals surface area (Å²) in [4.78, 5) is 26.4. The van der Waals surface area contributed by atoms with Crippen molar-refractivity contribution in [2.24, 2.45) is 11.8 Å². The first-order valence-corrected chi connectivity index (χ1v) is 9.68. The van der Waals surface area contributed by atoms with Crippen LogP contribution in [-0.2, 0) is 9.59 Å². The molecule has 4 unspecified atom stereocenters. The fraction of sp³-hybridized carbons (Fsp3) is 0.789. The van der Waals surface area contributed by atoms with E-state index in [1.807, 2.05) is 0 Å². The number of nitrogens with one attached hydrogen (secondary N) is 1. The lowest BCUT2D eigenvalue weighted by Crippen LogP contribution is -2.64. The molecule has 1 N–H and O–H groups in total. The first-order chi connectivity index (χ1) is 12.7. The van der Waals surface area contributed by atoms with E-state index in [4.69, 9.17) is 0 Å². The van der Waals surface area contributed by atoms with E-state index < -0.39 is 30.2 Å². The van der Waals surface area contributed by atoms with Gasteiger partial charge < -0.3 is 10.2 Å². The largest absolute Gasteiger partial charge is 0.391 e. The van der Waals surface area contributed by atoms with Gasteiger partial charge in [-0.15, -0.1) is 0 Å². The average molecular weight is 390 g/mol. The van der Waals surface area contributed by atoms with Gasteiger partial charge in [-0.2, -0.15) is 13.2 Å². The number of likely N-dealkylation sites (tertiary alicyclic amines) is 1. The van der Waals surface area contributed by atoms with Gasteiger partial charge in [-0.1, -0.05) is 6.58 Å². The van der Waals surface area contributed by atoms with Crippen LogP contribution in [0, 0.1) is 11.8 Å². The number of hydrogen-bond acceptors (Lipinski definition) is 2. The predicted molar refractivity (Wildman–Crippen MR) is 91.4 cm³/mol. The van der Waals surface area contributed by atoms with Crippen molar-refractivity contribution in [2.75, 3.05) is 0 Å². The number of nitrogens with zero attached hydrogens (tertiary/aromatic N) is 1. The van der Waals surface area contributed by atoms with Gasteiger partial charge in [0, 0.05) is 18.0 Å². The molecule has 3 rings (SSSR count). The summed E-state index contributed by atoms with van der Waals surface area (Å²) in [6, 6.07) is -1.45. The Labute approximate surface area is 156 Å². The summed E-state index contributed by atoms with van der Waals surface area (Å²) in [5, 5.41) is 2.58. The summed E-state index contributed by atoms with van der Waals surface area (Å²) < 4.78 is 53.5. The number of fused-ring (bicyclic) bond motifs is 1. The van der Waals surface area contributed by atoms with Crippen molar-refractivity contribution in [3.8, 4) is 0 Å². The number of rotatable bonds is 3. The third kappa shape index (κ3) is 4.14. The highest BCUT2D eigenvalue weighted by atomic mass is 19.4. The molecule has 2 aliphatic carbocycles. The van der Waals surface area contributed by atoms with Crippen LogP contribution in [0.4, 0.5) is 17.6 Å². The SMILES string of the molecule is C=CC(=O)NC1CC2C(F)CCCC2N(C2CCC(C(F)(F)F)CC2)C1=O. The van der Waals surface area contributed by atoms with Crippen molar-refractivity contribution >= 4 is 11.8 Å². The molecule has 4 atom stereocenters. The van der Waals surface area contributed by atoms with Crippen LogP contribution >= 0.6 is 0 Å². The number of carbonyl (C=O) groups excluding carboxylic acids is 2. The van der Waals surface area contributed by atoms with E-state index in [2.05, 4.69) is 11.9 Å². The summed E-state index contributed by atoms with van der Waals surface area (Å²) in [5.74, 6) is -2.51. The Kier molecular flexibility index (Phi) is 5.82. The van der Waals surface area contributed by atoms with Gasteiger partial charge in [0.25, 0.3) is 0 Å². The van der Waals surface area contributed by atoms with E-state index in [1.54, 1.807) is 4.90 Å². The minimum absolute atomic E-state index is 0.0158. The third-order valence-corrected chi connectivity index (χ3v) is 6.41. The molecule has 1 aliphatic heterocycles. The molecular formula is C19H26F4N2O2. The van der Waals surface area contributed by atoms with Gasteiger partial charge in [0.1, 0.15) is 12.2 Å². The molecule has 152 valence electrons. The summed E-state index contributed by atoms with van der Waals surface area (Å²) in [7, 11) is 0. The molecule has 4 nitrogen and oxygen atoms in total. The summed E-state index contributed by atoms with van der Waals surface area (Å²) >= 11 is 0. The zero-order chi connectivity index (χ0) is 19.8. The molecule has 3 aliphatic rings. The molecular weight excluding hydrogens is 364 g/mol. The van der Waals surface area contributed by atoms with Gasteiger partial charge in [-0.3, -0.25) is 9.59 Å². The second kappa shape index (κ2) is 7.80. The Bertz CT molecular complexity index is 587. The molecule has 0 aromatic heterocycles. The molecule has 3 fully saturated rings. The molecule has 0 aromatic rings. The minimum Gasteiger partial charge on any atom is -0.341 e. The molecule has 1 heterocycles. The number of halogens is 4. The summed E-state index contributed by atoms with van der Waals surface area (Å²) in [6.45, 7) is 3.37. The number of carbonyl (C=O) groups is 2. The standard InChI is InChI=1S/C19H26F4N2O2/c1-2-17(26)24-15-10-13-14(20)4-3-5-16(13)25(18(15)27)12-8-6-11(7-9-12)19(21,22)23/h2,11-16H,1,3-10H2,(H,24,26). The normalized spacial score (nSPS) is 37.5. The lowest BCUT2D eigenvalue weighted by Gasteiger charge is -2.52. The molecule has 8 heteroatoms. The Balaban J connectivity index is 1.78. The topological polar surface area (TPSA) is 49.4 Å². The monoisotopic (exact) mass is 390 g/mol. The van der Waals surface area contributed by atoms with Crippen molar-refractivity contribution in [1.29, 1.82) is 0 Å². The molecule has 0 bridgehead atoms. The van der Waals surface area contributed by atoms with Crippen LogP contribution in [0.25, 0.3) is 0 Å². The maximum atomic E-state index is 14.6. The lowest BCUT2D eigenvalue weighted by molar-refractivity contribution is -0.186. The van der Waals surface area contributed by atoms with Crippen molar-refractivity contribution < 1.29 is 27.2 Å². The predicted octanol–water partition coefficient (Wildman–Crippen LogP) is 3.52. The van der Waals surface area contributed by atoms with E-state index in [1.165, 1.54) is 0 Å². The van der Waals surface area contributed by atoms with Gasteiger partial charge in [-0.25, -0.2) is 4.39 Å². The lowest BCUT2D eigenvalue weighted by atomic mass is 9.73. The van der Waals surface area contributed by atoms with Crippen LogP contribution in [-0.4, -0.2) is 47.2 Å². The average Bonchev–Trinajstić information content (AvgIpc) is 2.62. The Morgan fingerprint density at radius 3 is 2.41 bits per heavy atom. The number of piperidine rings is 1. The van der Waals surface area contributed by atoms with Gasteiger partial charge in [0.05, 0.1) is 5.92 Å². The smallest absolute Gasteiger partial charge is 0.341 e. The van der Waals surface area contributed by atoms with Crippen LogP contribution in [0.15, 0.2) is 12.7 Å². The van der Waals surface area contributed by atoms with Gasteiger partial charge in [0.2, 0.25) is 11.8 Å². The number of amides is 2. The highest BCUT2D eigenvalue weighted by molar-refractivity contribution is 5.93. The zero-order valence-electron chi connectivity index (χ0n) is 15.2. The molecule has 0 aromatic carbocycles. The number of alkyl halides is 4. The highest BCUT2D eigenvalue weighted by Crippen LogP contribution is 2.43. The van der Waals surface area contributed by atoms with E-state index in [9.17, 15) is 27.2 Å². The molecule has 2 amide bonds. The van der Waals surface area contributed by atoms with Crippen LogP contribution in [0.3, 0.4) is 0 Å². The molecule has 0 spiro atoms. The fourth-order valence-electron chi connectivity index (χ4n) is 5.04. The maximum absolute atomic E-state index is 14.6. The highest BCUT2D eigenvalue weighted by Gasteiger charge is 2.50.